The van der Waals surface area contributed by atoms with Crippen molar-refractivity contribution in [1.82, 2.24) is 0 Å². The van der Waals surface area contributed by atoms with E-state index in [0.717, 1.165) is 12.8 Å². The second kappa shape index (κ2) is 8.51. The Hall–Kier alpha value is -1.64. The first kappa shape index (κ1) is 14.8. The SMILES string of the molecule is OCCCOC(Cc1ccccc1)Cc1ccccc1. The summed E-state index contributed by atoms with van der Waals surface area (Å²) in [6.45, 7) is 0.796. The lowest BCUT2D eigenvalue weighted by molar-refractivity contribution is 0.0447. The number of hydrogen-bond acceptors (Lipinski definition) is 2. The number of aliphatic hydroxyl groups is 1. The van der Waals surface area contributed by atoms with Crippen LogP contribution in [0.4, 0.5) is 0 Å². The summed E-state index contributed by atoms with van der Waals surface area (Å²) in [6.07, 6.45) is 2.66. The van der Waals surface area contributed by atoms with E-state index in [2.05, 4.69) is 48.5 Å². The topological polar surface area (TPSA) is 29.5 Å². The van der Waals surface area contributed by atoms with E-state index in [0.29, 0.717) is 13.0 Å². The monoisotopic (exact) mass is 270 g/mol. The van der Waals surface area contributed by atoms with Crippen molar-refractivity contribution in [3.8, 4) is 0 Å². The van der Waals surface area contributed by atoms with Crippen molar-refractivity contribution in [3.63, 3.8) is 0 Å². The Morgan fingerprint density at radius 3 is 1.75 bits per heavy atom. The molecule has 0 aromatic heterocycles. The average molecular weight is 270 g/mol. The second-order valence-corrected chi connectivity index (χ2v) is 4.95. The molecule has 0 aliphatic carbocycles. The van der Waals surface area contributed by atoms with Gasteiger partial charge < -0.3 is 9.84 Å². The van der Waals surface area contributed by atoms with Gasteiger partial charge in [-0.3, -0.25) is 0 Å². The summed E-state index contributed by atoms with van der Waals surface area (Å²) in [5.41, 5.74) is 2.58. The fourth-order valence-corrected chi connectivity index (χ4v) is 2.26. The maximum atomic E-state index is 8.88. The molecule has 2 rings (SSSR count). The predicted octanol–water partition coefficient (Wildman–Crippen LogP) is 3.24. The van der Waals surface area contributed by atoms with Crippen molar-refractivity contribution in [2.24, 2.45) is 0 Å². The van der Waals surface area contributed by atoms with E-state index in [4.69, 9.17) is 9.84 Å². The van der Waals surface area contributed by atoms with Crippen LogP contribution < -0.4 is 0 Å². The van der Waals surface area contributed by atoms with Crippen LogP contribution in [0.3, 0.4) is 0 Å². The Labute approximate surface area is 121 Å². The molecule has 0 aliphatic rings. The zero-order chi connectivity index (χ0) is 14.0. The van der Waals surface area contributed by atoms with E-state index in [-0.39, 0.29) is 12.7 Å². The Bertz CT molecular complexity index is 426. The molecule has 0 unspecified atom stereocenters. The number of benzene rings is 2. The molecule has 0 atom stereocenters. The normalized spacial score (nSPS) is 10.9. The molecular weight excluding hydrogens is 248 g/mol. The van der Waals surface area contributed by atoms with Gasteiger partial charge in [-0.1, -0.05) is 60.7 Å². The summed E-state index contributed by atoms with van der Waals surface area (Å²) in [7, 11) is 0. The molecule has 106 valence electrons. The third-order valence-electron chi connectivity index (χ3n) is 3.27. The largest absolute Gasteiger partial charge is 0.396 e. The van der Waals surface area contributed by atoms with Crippen molar-refractivity contribution in [2.45, 2.75) is 25.4 Å². The molecular formula is C18H22O2. The third-order valence-corrected chi connectivity index (χ3v) is 3.27. The van der Waals surface area contributed by atoms with E-state index in [1.165, 1.54) is 11.1 Å². The fraction of sp³-hybridized carbons (Fsp3) is 0.333. The van der Waals surface area contributed by atoms with Crippen LogP contribution in [0.5, 0.6) is 0 Å². The lowest BCUT2D eigenvalue weighted by Gasteiger charge is -2.18. The molecule has 0 bridgehead atoms. The molecule has 0 spiro atoms. The van der Waals surface area contributed by atoms with Crippen molar-refractivity contribution in [1.29, 1.82) is 0 Å². The zero-order valence-electron chi connectivity index (χ0n) is 11.7. The van der Waals surface area contributed by atoms with Gasteiger partial charge in [0.05, 0.1) is 6.10 Å². The third kappa shape index (κ3) is 5.16. The van der Waals surface area contributed by atoms with Crippen LogP contribution >= 0.6 is 0 Å². The molecule has 2 nitrogen and oxygen atoms in total. The van der Waals surface area contributed by atoms with Crippen LogP contribution in [0.25, 0.3) is 0 Å². The smallest absolute Gasteiger partial charge is 0.0655 e. The minimum absolute atomic E-state index is 0.159. The zero-order valence-corrected chi connectivity index (χ0v) is 11.7. The first-order chi connectivity index (χ1) is 9.88. The Balaban J connectivity index is 1.96. The summed E-state index contributed by atoms with van der Waals surface area (Å²) in [5.74, 6) is 0. The molecule has 2 aromatic carbocycles. The first-order valence-corrected chi connectivity index (χ1v) is 7.19. The first-order valence-electron chi connectivity index (χ1n) is 7.19. The number of aliphatic hydroxyl groups excluding tert-OH is 1. The molecule has 20 heavy (non-hydrogen) atoms. The molecule has 0 saturated carbocycles. The van der Waals surface area contributed by atoms with Gasteiger partial charge in [-0.15, -0.1) is 0 Å². The molecule has 0 heterocycles. The van der Waals surface area contributed by atoms with Crippen molar-refractivity contribution in [2.75, 3.05) is 13.2 Å². The molecule has 0 aliphatic heterocycles. The van der Waals surface area contributed by atoms with Gasteiger partial charge in [0.25, 0.3) is 0 Å². The Morgan fingerprint density at radius 1 is 0.800 bits per heavy atom. The number of ether oxygens (including phenoxy) is 1. The maximum Gasteiger partial charge on any atom is 0.0655 e. The van der Waals surface area contributed by atoms with E-state index in [1.807, 2.05) is 12.1 Å². The summed E-state index contributed by atoms with van der Waals surface area (Å²) in [5, 5.41) is 8.88. The van der Waals surface area contributed by atoms with Crippen LogP contribution in [-0.2, 0) is 17.6 Å². The van der Waals surface area contributed by atoms with Crippen molar-refractivity contribution < 1.29 is 9.84 Å². The Morgan fingerprint density at radius 2 is 1.30 bits per heavy atom. The van der Waals surface area contributed by atoms with Gasteiger partial charge in [0.15, 0.2) is 0 Å². The van der Waals surface area contributed by atoms with E-state index in [9.17, 15) is 0 Å². The van der Waals surface area contributed by atoms with E-state index in [1.54, 1.807) is 0 Å². The number of hydrogen-bond donors (Lipinski definition) is 1. The van der Waals surface area contributed by atoms with Crippen LogP contribution in [0, 0.1) is 0 Å². The summed E-state index contributed by atoms with van der Waals surface area (Å²) < 4.78 is 5.93. The molecule has 0 radical (unpaired) electrons. The molecule has 1 N–H and O–H groups in total. The molecule has 0 saturated heterocycles. The van der Waals surface area contributed by atoms with Crippen LogP contribution in [-0.4, -0.2) is 24.4 Å². The average Bonchev–Trinajstić information content (AvgIpc) is 2.49. The van der Waals surface area contributed by atoms with Gasteiger partial charge in [-0.05, 0) is 30.4 Å². The quantitative estimate of drug-likeness (QED) is 0.746. The molecule has 0 fully saturated rings. The van der Waals surface area contributed by atoms with Crippen LogP contribution in [0.1, 0.15) is 17.5 Å². The minimum Gasteiger partial charge on any atom is -0.396 e. The molecule has 2 heteroatoms. The van der Waals surface area contributed by atoms with E-state index < -0.39 is 0 Å². The lowest BCUT2D eigenvalue weighted by Crippen LogP contribution is -2.20. The van der Waals surface area contributed by atoms with Crippen molar-refractivity contribution >= 4 is 0 Å². The molecule has 2 aromatic rings. The standard InChI is InChI=1S/C18H22O2/c19-12-7-13-20-18(14-16-8-3-1-4-9-16)15-17-10-5-2-6-11-17/h1-6,8-11,18-19H,7,12-15H2. The summed E-state index contributed by atoms with van der Waals surface area (Å²) in [6, 6.07) is 20.8. The van der Waals surface area contributed by atoms with Gasteiger partial charge in [0, 0.05) is 13.2 Å². The summed E-state index contributed by atoms with van der Waals surface area (Å²) in [4.78, 5) is 0. The van der Waals surface area contributed by atoms with Gasteiger partial charge in [-0.25, -0.2) is 0 Å². The number of rotatable bonds is 8. The van der Waals surface area contributed by atoms with Gasteiger partial charge in [0.2, 0.25) is 0 Å². The van der Waals surface area contributed by atoms with E-state index >= 15 is 0 Å². The van der Waals surface area contributed by atoms with Crippen LogP contribution in [0.2, 0.25) is 0 Å². The Kier molecular flexibility index (Phi) is 6.28. The predicted molar refractivity (Wildman–Crippen MR) is 81.7 cm³/mol. The van der Waals surface area contributed by atoms with Gasteiger partial charge in [-0.2, -0.15) is 0 Å². The van der Waals surface area contributed by atoms with Crippen LogP contribution in [0.15, 0.2) is 60.7 Å². The van der Waals surface area contributed by atoms with Gasteiger partial charge in [0.1, 0.15) is 0 Å². The van der Waals surface area contributed by atoms with Crippen molar-refractivity contribution in [3.05, 3.63) is 71.8 Å². The minimum atomic E-state index is 0.159. The highest BCUT2D eigenvalue weighted by Crippen LogP contribution is 2.12. The lowest BCUT2D eigenvalue weighted by atomic mass is 10.0. The highest BCUT2D eigenvalue weighted by molar-refractivity contribution is 5.19. The summed E-state index contributed by atoms with van der Waals surface area (Å²) >= 11 is 0. The second-order valence-electron chi connectivity index (χ2n) is 4.95. The molecule has 0 amide bonds. The fourth-order valence-electron chi connectivity index (χ4n) is 2.26. The maximum absolute atomic E-state index is 8.88. The van der Waals surface area contributed by atoms with Gasteiger partial charge >= 0.3 is 0 Å². The highest BCUT2D eigenvalue weighted by Gasteiger charge is 2.11. The highest BCUT2D eigenvalue weighted by atomic mass is 16.5.